The lowest BCUT2D eigenvalue weighted by molar-refractivity contribution is -0.128. The standard InChI is InChI=1S/C13H14N4O2.2C2H6/c1-15-7-11-14-16(2)12(18)8-17(11)10-6-4-3-5-9(10)13(15)19;2*1-2/h3-6H,7-8H2,1-2H3;2*1-2H3. The molecular weight excluding hydrogens is 292 g/mol. The maximum atomic E-state index is 12.3. The third-order valence-corrected chi connectivity index (χ3v) is 3.38. The highest BCUT2D eigenvalue weighted by molar-refractivity contribution is 6.14. The van der Waals surface area contributed by atoms with E-state index in [9.17, 15) is 9.59 Å². The Kier molecular flexibility index (Phi) is 6.75. The van der Waals surface area contributed by atoms with Crippen molar-refractivity contribution in [2.24, 2.45) is 5.10 Å². The van der Waals surface area contributed by atoms with Crippen molar-refractivity contribution in [3.05, 3.63) is 29.8 Å². The first-order chi connectivity index (χ1) is 11.1. The summed E-state index contributed by atoms with van der Waals surface area (Å²) in [5, 5.41) is 5.59. The van der Waals surface area contributed by atoms with Gasteiger partial charge in [-0.3, -0.25) is 9.59 Å². The molecule has 0 unspecified atom stereocenters. The molecule has 3 rings (SSSR count). The first-order valence-corrected chi connectivity index (χ1v) is 8.04. The van der Waals surface area contributed by atoms with E-state index >= 15 is 0 Å². The number of hydrogen-bond acceptors (Lipinski definition) is 4. The third-order valence-electron chi connectivity index (χ3n) is 3.38. The van der Waals surface area contributed by atoms with Crippen LogP contribution in [0, 0.1) is 0 Å². The number of carbonyl (C=O) groups is 2. The lowest BCUT2D eigenvalue weighted by atomic mass is 10.1. The molecule has 1 aromatic carbocycles. The lowest BCUT2D eigenvalue weighted by Crippen LogP contribution is -2.48. The topological polar surface area (TPSA) is 56.2 Å². The van der Waals surface area contributed by atoms with E-state index in [-0.39, 0.29) is 18.4 Å². The molecule has 2 aliphatic rings. The Bertz CT molecular complexity index is 598. The third kappa shape index (κ3) is 3.70. The Labute approximate surface area is 138 Å². The molecule has 2 heterocycles. The van der Waals surface area contributed by atoms with Gasteiger partial charge >= 0.3 is 0 Å². The molecule has 0 saturated heterocycles. The first-order valence-electron chi connectivity index (χ1n) is 8.04. The quantitative estimate of drug-likeness (QED) is 0.738. The summed E-state index contributed by atoms with van der Waals surface area (Å²) in [6.07, 6.45) is 0. The van der Waals surface area contributed by atoms with Gasteiger partial charge in [-0.2, -0.15) is 5.10 Å². The Morgan fingerprint density at radius 2 is 1.57 bits per heavy atom. The van der Waals surface area contributed by atoms with Crippen LogP contribution in [0.25, 0.3) is 0 Å². The summed E-state index contributed by atoms with van der Waals surface area (Å²) in [4.78, 5) is 27.5. The second kappa shape index (κ2) is 8.31. The Morgan fingerprint density at radius 1 is 0.957 bits per heavy atom. The zero-order chi connectivity index (χ0) is 17.6. The highest BCUT2D eigenvalue weighted by Gasteiger charge is 2.33. The summed E-state index contributed by atoms with van der Waals surface area (Å²) >= 11 is 0. The molecule has 6 heteroatoms. The van der Waals surface area contributed by atoms with Crippen LogP contribution in [0.1, 0.15) is 38.1 Å². The minimum Gasteiger partial charge on any atom is -0.334 e. The Morgan fingerprint density at radius 3 is 2.22 bits per heavy atom. The maximum Gasteiger partial charge on any atom is 0.262 e. The lowest BCUT2D eigenvalue weighted by Gasteiger charge is -2.31. The van der Waals surface area contributed by atoms with Crippen LogP contribution < -0.4 is 4.90 Å². The number of benzene rings is 1. The van der Waals surface area contributed by atoms with E-state index in [2.05, 4.69) is 5.10 Å². The van der Waals surface area contributed by atoms with Crippen LogP contribution in [0.5, 0.6) is 0 Å². The molecule has 0 radical (unpaired) electrons. The van der Waals surface area contributed by atoms with E-state index in [0.29, 0.717) is 17.9 Å². The van der Waals surface area contributed by atoms with Crippen LogP contribution in [0.2, 0.25) is 0 Å². The average molecular weight is 318 g/mol. The van der Waals surface area contributed by atoms with E-state index < -0.39 is 0 Å². The fraction of sp³-hybridized carbons (Fsp3) is 0.471. The van der Waals surface area contributed by atoms with Crippen LogP contribution in [0.3, 0.4) is 0 Å². The Hall–Kier alpha value is -2.37. The summed E-state index contributed by atoms with van der Waals surface area (Å²) in [5.41, 5.74) is 1.35. The van der Waals surface area contributed by atoms with Gasteiger partial charge in [0, 0.05) is 14.1 Å². The van der Waals surface area contributed by atoms with Gasteiger partial charge in [0.25, 0.3) is 11.8 Å². The van der Waals surface area contributed by atoms with E-state index in [0.717, 1.165) is 5.69 Å². The molecule has 2 aliphatic heterocycles. The van der Waals surface area contributed by atoms with Gasteiger partial charge in [0.1, 0.15) is 12.4 Å². The van der Waals surface area contributed by atoms with E-state index in [1.54, 1.807) is 25.1 Å². The molecule has 6 nitrogen and oxygen atoms in total. The van der Waals surface area contributed by atoms with Crippen molar-refractivity contribution in [1.82, 2.24) is 9.91 Å². The predicted octanol–water partition coefficient (Wildman–Crippen LogP) is 2.42. The summed E-state index contributed by atoms with van der Waals surface area (Å²) < 4.78 is 0. The molecule has 0 fully saturated rings. The number of likely N-dealkylation sites (N-methyl/N-ethyl adjacent to an activating group) is 2. The van der Waals surface area contributed by atoms with Gasteiger partial charge in [0.15, 0.2) is 0 Å². The van der Waals surface area contributed by atoms with Crippen molar-refractivity contribution < 1.29 is 9.59 Å². The van der Waals surface area contributed by atoms with E-state index in [1.165, 1.54) is 5.01 Å². The number of fused-ring (bicyclic) bond motifs is 3. The number of amides is 2. The molecule has 0 N–H and O–H groups in total. The van der Waals surface area contributed by atoms with E-state index in [1.807, 2.05) is 50.8 Å². The number of amidine groups is 1. The predicted molar refractivity (Wildman–Crippen MR) is 93.6 cm³/mol. The number of hydrazone groups is 1. The zero-order valence-electron chi connectivity index (χ0n) is 14.8. The highest BCUT2D eigenvalue weighted by atomic mass is 16.2. The molecule has 126 valence electrons. The van der Waals surface area contributed by atoms with Crippen molar-refractivity contribution in [3.8, 4) is 0 Å². The second-order valence-electron chi connectivity index (χ2n) is 4.70. The fourth-order valence-corrected chi connectivity index (χ4v) is 2.33. The molecule has 0 aliphatic carbocycles. The highest BCUT2D eigenvalue weighted by Crippen LogP contribution is 2.26. The van der Waals surface area contributed by atoms with Gasteiger partial charge in [-0.1, -0.05) is 39.8 Å². The number of carbonyl (C=O) groups excluding carboxylic acids is 2. The molecule has 2 amide bonds. The Balaban J connectivity index is 0.000000615. The van der Waals surface area contributed by atoms with Gasteiger partial charge < -0.3 is 9.80 Å². The van der Waals surface area contributed by atoms with Crippen LogP contribution >= 0.6 is 0 Å². The minimum absolute atomic E-state index is 0.0530. The first kappa shape index (κ1) is 18.7. The molecule has 0 bridgehead atoms. The number of hydrogen-bond donors (Lipinski definition) is 0. The van der Waals surface area contributed by atoms with Gasteiger partial charge in [-0.05, 0) is 12.1 Å². The average Bonchev–Trinajstić information content (AvgIpc) is 2.69. The molecule has 23 heavy (non-hydrogen) atoms. The summed E-state index contributed by atoms with van der Waals surface area (Å²) in [5.74, 6) is 0.571. The largest absolute Gasteiger partial charge is 0.334 e. The van der Waals surface area contributed by atoms with Crippen LogP contribution in [-0.4, -0.2) is 54.7 Å². The van der Waals surface area contributed by atoms with Crippen molar-refractivity contribution in [1.29, 1.82) is 0 Å². The van der Waals surface area contributed by atoms with Crippen molar-refractivity contribution in [3.63, 3.8) is 0 Å². The summed E-state index contributed by atoms with van der Waals surface area (Å²) in [6, 6.07) is 7.31. The van der Waals surface area contributed by atoms with Gasteiger partial charge in [-0.25, -0.2) is 5.01 Å². The smallest absolute Gasteiger partial charge is 0.262 e. The minimum atomic E-state index is -0.0874. The van der Waals surface area contributed by atoms with Gasteiger partial charge in [0.2, 0.25) is 0 Å². The zero-order valence-corrected chi connectivity index (χ0v) is 14.8. The normalized spacial score (nSPS) is 16.1. The van der Waals surface area contributed by atoms with Crippen molar-refractivity contribution >= 4 is 23.3 Å². The molecule has 1 aromatic rings. The molecule has 0 aromatic heterocycles. The number of nitrogens with zero attached hydrogens (tertiary/aromatic N) is 4. The number of anilines is 1. The van der Waals surface area contributed by atoms with Crippen molar-refractivity contribution in [2.45, 2.75) is 27.7 Å². The van der Waals surface area contributed by atoms with Gasteiger partial charge in [0.05, 0.1) is 17.8 Å². The maximum absolute atomic E-state index is 12.3. The van der Waals surface area contributed by atoms with Gasteiger partial charge in [-0.15, -0.1) is 0 Å². The monoisotopic (exact) mass is 318 g/mol. The second-order valence-corrected chi connectivity index (χ2v) is 4.70. The molecule has 0 spiro atoms. The van der Waals surface area contributed by atoms with Crippen LogP contribution in [-0.2, 0) is 4.79 Å². The van der Waals surface area contributed by atoms with Crippen molar-refractivity contribution in [2.75, 3.05) is 32.1 Å². The summed E-state index contributed by atoms with van der Waals surface area (Å²) in [7, 11) is 3.37. The molecule has 0 atom stereocenters. The number of rotatable bonds is 0. The fourth-order valence-electron chi connectivity index (χ4n) is 2.33. The molecule has 0 saturated carbocycles. The van der Waals surface area contributed by atoms with E-state index in [4.69, 9.17) is 0 Å². The van der Waals surface area contributed by atoms with Crippen LogP contribution in [0.15, 0.2) is 29.4 Å². The summed E-state index contributed by atoms with van der Waals surface area (Å²) in [6.45, 7) is 8.61. The number of para-hydroxylation sites is 1. The SMILES string of the molecule is CC.CC.CN1CC2=NN(C)C(=O)CN2c2ccccc2C1=O. The van der Waals surface area contributed by atoms with Crippen LogP contribution in [0.4, 0.5) is 5.69 Å². The molecular formula is C17H26N4O2.